The van der Waals surface area contributed by atoms with E-state index >= 15 is 0 Å². The summed E-state index contributed by atoms with van der Waals surface area (Å²) >= 11 is 13.8. The molecule has 0 spiro atoms. The Hall–Kier alpha value is -1.40. The van der Waals surface area contributed by atoms with E-state index in [1.54, 1.807) is 24.3 Å². The summed E-state index contributed by atoms with van der Waals surface area (Å²) in [5.41, 5.74) is 0.259. The Morgan fingerprint density at radius 2 is 1.73 bits per heavy atom. The summed E-state index contributed by atoms with van der Waals surface area (Å²) in [4.78, 5) is 23.5. The molecule has 0 radical (unpaired) electrons. The zero-order chi connectivity index (χ0) is 19.5. The van der Waals surface area contributed by atoms with Crippen molar-refractivity contribution in [3.05, 3.63) is 55.6 Å². The number of hydrogen-bond donors (Lipinski definition) is 2. The largest absolute Gasteiger partial charge is 0.452 e. The minimum atomic E-state index is -4.16. The van der Waals surface area contributed by atoms with E-state index in [0.29, 0.717) is 5.69 Å². The number of benzene rings is 2. The quantitative estimate of drug-likeness (QED) is 0.457. The van der Waals surface area contributed by atoms with Crippen molar-refractivity contribution in [3.63, 3.8) is 0 Å². The molecule has 0 aliphatic heterocycles. The highest BCUT2D eigenvalue weighted by Gasteiger charge is 2.21. The van der Waals surface area contributed by atoms with Gasteiger partial charge in [0.25, 0.3) is 5.91 Å². The molecule has 0 fully saturated rings. The fourth-order valence-electron chi connectivity index (χ4n) is 1.84. The van der Waals surface area contributed by atoms with E-state index in [1.807, 2.05) is 0 Å². The zero-order valence-corrected chi connectivity index (χ0v) is 17.3. The molecule has 0 unspecified atom stereocenters. The van der Waals surface area contributed by atoms with Crippen molar-refractivity contribution < 1.29 is 22.7 Å². The second-order valence-corrected chi connectivity index (χ2v) is 8.53. The third-order valence-electron chi connectivity index (χ3n) is 3.01. The molecular weight excluding hydrogens is 518 g/mol. The molecule has 1 amide bonds. The van der Waals surface area contributed by atoms with Gasteiger partial charge in [0.15, 0.2) is 6.61 Å². The summed E-state index contributed by atoms with van der Waals surface area (Å²) in [6.07, 6.45) is 0. The van der Waals surface area contributed by atoms with Crippen LogP contribution in [0.3, 0.4) is 0 Å². The Balaban J connectivity index is 2.08. The molecule has 0 heterocycles. The standard InChI is InChI=1S/C15H11Cl2IN2O5S/c16-11-6-12(17)13(26(19,23)24)5-10(11)15(22)25-7-14(21)20-9-3-1-8(18)2-4-9/h1-6H,7H2,(H,20,21)(H2,19,23,24). The normalized spacial score (nSPS) is 11.1. The lowest BCUT2D eigenvalue weighted by Gasteiger charge is -2.09. The van der Waals surface area contributed by atoms with Crippen molar-refractivity contribution in [3.8, 4) is 0 Å². The Labute approximate surface area is 173 Å². The van der Waals surface area contributed by atoms with Crippen molar-refractivity contribution in [2.75, 3.05) is 11.9 Å². The zero-order valence-electron chi connectivity index (χ0n) is 12.8. The number of sulfonamides is 1. The number of amides is 1. The van der Waals surface area contributed by atoms with Crippen LogP contribution in [0.2, 0.25) is 10.0 Å². The van der Waals surface area contributed by atoms with Crippen molar-refractivity contribution >= 4 is 73.4 Å². The van der Waals surface area contributed by atoms with Gasteiger partial charge in [-0.05, 0) is 59.0 Å². The fourth-order valence-corrected chi connectivity index (χ4v) is 3.60. The lowest BCUT2D eigenvalue weighted by atomic mass is 10.2. The van der Waals surface area contributed by atoms with Gasteiger partial charge in [-0.3, -0.25) is 4.79 Å². The number of nitrogens with two attached hydrogens (primary N) is 1. The SMILES string of the molecule is NS(=O)(=O)c1cc(C(=O)OCC(=O)Nc2ccc(I)cc2)c(Cl)cc1Cl. The van der Waals surface area contributed by atoms with Crippen LogP contribution in [-0.2, 0) is 19.6 Å². The average molecular weight is 529 g/mol. The Bertz CT molecular complexity index is 965. The molecule has 0 saturated carbocycles. The maximum absolute atomic E-state index is 12.1. The number of nitrogens with one attached hydrogen (secondary N) is 1. The smallest absolute Gasteiger partial charge is 0.340 e. The number of esters is 1. The molecule has 138 valence electrons. The van der Waals surface area contributed by atoms with E-state index in [2.05, 4.69) is 27.9 Å². The number of halogens is 3. The van der Waals surface area contributed by atoms with E-state index in [1.165, 1.54) is 0 Å². The summed E-state index contributed by atoms with van der Waals surface area (Å²) in [5, 5.41) is 7.20. The third kappa shape index (κ3) is 5.55. The van der Waals surface area contributed by atoms with Crippen LogP contribution in [0.5, 0.6) is 0 Å². The first kappa shape index (κ1) is 20.9. The highest BCUT2D eigenvalue weighted by atomic mass is 127. The summed E-state index contributed by atoms with van der Waals surface area (Å²) in [5.74, 6) is -1.56. The summed E-state index contributed by atoms with van der Waals surface area (Å²) in [6.45, 7) is -0.589. The van der Waals surface area contributed by atoms with Gasteiger partial charge in [0, 0.05) is 9.26 Å². The molecule has 2 rings (SSSR count). The number of carbonyl (C=O) groups excluding carboxylic acids is 2. The van der Waals surface area contributed by atoms with Crippen LogP contribution < -0.4 is 10.5 Å². The van der Waals surface area contributed by atoms with Crippen LogP contribution in [0.25, 0.3) is 0 Å². The first-order valence-electron chi connectivity index (χ1n) is 6.82. The molecule has 0 aliphatic carbocycles. The van der Waals surface area contributed by atoms with E-state index in [0.717, 1.165) is 15.7 Å². The highest BCUT2D eigenvalue weighted by molar-refractivity contribution is 14.1. The van der Waals surface area contributed by atoms with Crippen LogP contribution in [0.15, 0.2) is 41.3 Å². The molecule has 26 heavy (non-hydrogen) atoms. The Morgan fingerprint density at radius 1 is 1.12 bits per heavy atom. The summed E-state index contributed by atoms with van der Waals surface area (Å²) in [6, 6.07) is 8.94. The summed E-state index contributed by atoms with van der Waals surface area (Å²) < 4.78 is 28.8. The molecule has 11 heteroatoms. The van der Waals surface area contributed by atoms with Gasteiger partial charge in [-0.1, -0.05) is 23.2 Å². The van der Waals surface area contributed by atoms with Gasteiger partial charge in [-0.15, -0.1) is 0 Å². The third-order valence-corrected chi connectivity index (χ3v) is 5.42. The maximum Gasteiger partial charge on any atom is 0.340 e. The number of anilines is 1. The van der Waals surface area contributed by atoms with E-state index in [-0.39, 0.29) is 15.6 Å². The lowest BCUT2D eigenvalue weighted by Crippen LogP contribution is -2.21. The van der Waals surface area contributed by atoms with Crippen molar-refractivity contribution in [2.24, 2.45) is 5.14 Å². The molecule has 2 aromatic carbocycles. The maximum atomic E-state index is 12.1. The molecule has 0 atom stereocenters. The molecule has 3 N–H and O–H groups in total. The van der Waals surface area contributed by atoms with Gasteiger partial charge in [0.05, 0.1) is 15.6 Å². The second kappa shape index (κ2) is 8.53. The first-order chi connectivity index (χ1) is 12.1. The fraction of sp³-hybridized carbons (Fsp3) is 0.0667. The van der Waals surface area contributed by atoms with E-state index in [4.69, 9.17) is 33.1 Å². The summed E-state index contributed by atoms with van der Waals surface area (Å²) in [7, 11) is -4.16. The number of carbonyl (C=O) groups is 2. The number of rotatable bonds is 5. The highest BCUT2D eigenvalue weighted by Crippen LogP contribution is 2.28. The van der Waals surface area contributed by atoms with Gasteiger partial charge < -0.3 is 10.1 Å². The number of hydrogen-bond acceptors (Lipinski definition) is 5. The molecule has 0 aromatic heterocycles. The monoisotopic (exact) mass is 528 g/mol. The van der Waals surface area contributed by atoms with Crippen molar-refractivity contribution in [1.29, 1.82) is 0 Å². The van der Waals surface area contributed by atoms with Crippen LogP contribution in [0.1, 0.15) is 10.4 Å². The van der Waals surface area contributed by atoms with Gasteiger partial charge in [0.1, 0.15) is 4.90 Å². The molecule has 7 nitrogen and oxygen atoms in total. The van der Waals surface area contributed by atoms with Crippen molar-refractivity contribution in [1.82, 2.24) is 0 Å². The molecule has 0 saturated heterocycles. The van der Waals surface area contributed by atoms with E-state index < -0.39 is 33.4 Å². The lowest BCUT2D eigenvalue weighted by molar-refractivity contribution is -0.119. The minimum absolute atomic E-state index is 0.134. The van der Waals surface area contributed by atoms with E-state index in [9.17, 15) is 18.0 Å². The number of primary sulfonamides is 1. The predicted molar refractivity (Wildman–Crippen MR) is 106 cm³/mol. The van der Waals surface area contributed by atoms with Crippen LogP contribution in [-0.4, -0.2) is 26.9 Å². The Morgan fingerprint density at radius 3 is 2.31 bits per heavy atom. The van der Waals surface area contributed by atoms with Crippen molar-refractivity contribution in [2.45, 2.75) is 4.90 Å². The molecule has 0 bridgehead atoms. The molecular formula is C15H11Cl2IN2O5S. The molecule has 0 aliphatic rings. The van der Waals surface area contributed by atoms with Gasteiger partial charge >= 0.3 is 5.97 Å². The minimum Gasteiger partial charge on any atom is -0.452 e. The van der Waals surface area contributed by atoms with Crippen LogP contribution >= 0.6 is 45.8 Å². The number of ether oxygens (including phenoxy) is 1. The topological polar surface area (TPSA) is 116 Å². The second-order valence-electron chi connectivity index (χ2n) is 4.94. The predicted octanol–water partition coefficient (Wildman–Crippen LogP) is 3.04. The van der Waals surface area contributed by atoms with Gasteiger partial charge in [-0.2, -0.15) is 0 Å². The first-order valence-corrected chi connectivity index (χ1v) is 10.2. The van der Waals surface area contributed by atoms with Gasteiger partial charge in [-0.25, -0.2) is 18.4 Å². The Kier molecular flexibility index (Phi) is 6.86. The molecule has 2 aromatic rings. The van der Waals surface area contributed by atoms with Crippen LogP contribution in [0, 0.1) is 3.57 Å². The average Bonchev–Trinajstić information content (AvgIpc) is 2.53. The van der Waals surface area contributed by atoms with Crippen LogP contribution in [0.4, 0.5) is 5.69 Å². The van der Waals surface area contributed by atoms with Gasteiger partial charge in [0.2, 0.25) is 10.0 Å².